The molecule has 1 heterocycles. The van der Waals surface area contributed by atoms with Crippen LogP contribution < -0.4 is 4.90 Å². The minimum Gasteiger partial charge on any atom is -0.371 e. The van der Waals surface area contributed by atoms with Crippen molar-refractivity contribution in [2.24, 2.45) is 5.92 Å². The number of anilines is 1. The third kappa shape index (κ3) is 6.91. The van der Waals surface area contributed by atoms with Crippen molar-refractivity contribution >= 4 is 17.3 Å². The summed E-state index contributed by atoms with van der Waals surface area (Å²) in [5.41, 5.74) is 7.71. The quantitative estimate of drug-likeness (QED) is 0.445. The first kappa shape index (κ1) is 23.5. The topological polar surface area (TPSA) is 3.24 Å². The standard InChI is InChI=1S/C23H27N.C6H10/c1-5-21-10-11-23(15-19(21)4)24-13-12-20(16-24)14-18(3)22-8-6-17(2)7-9-22;1-3-5-6-4-2/h5-11,15,20H,1,3,12-14,16H2,2,4H3;3-6H,1-2H3/b;5-3-,6-4-. The van der Waals surface area contributed by atoms with Gasteiger partial charge in [-0.15, -0.1) is 0 Å². The summed E-state index contributed by atoms with van der Waals surface area (Å²) in [6.45, 7) is 18.7. The Hall–Kier alpha value is -2.80. The van der Waals surface area contributed by atoms with Crippen LogP contribution >= 0.6 is 0 Å². The number of benzene rings is 2. The van der Waals surface area contributed by atoms with Crippen LogP contribution in [0.15, 0.2) is 79.9 Å². The molecule has 1 aliphatic rings. The van der Waals surface area contributed by atoms with Gasteiger partial charge in [-0.05, 0) is 80.9 Å². The summed E-state index contributed by atoms with van der Waals surface area (Å²) in [5, 5.41) is 0. The molecule has 30 heavy (non-hydrogen) atoms. The molecule has 0 amide bonds. The van der Waals surface area contributed by atoms with E-state index in [-0.39, 0.29) is 0 Å². The zero-order valence-corrected chi connectivity index (χ0v) is 19.2. The van der Waals surface area contributed by atoms with Crippen LogP contribution in [-0.2, 0) is 0 Å². The van der Waals surface area contributed by atoms with Gasteiger partial charge in [0.25, 0.3) is 0 Å². The fourth-order valence-electron chi connectivity index (χ4n) is 3.80. The molecule has 0 N–H and O–H groups in total. The number of hydrogen-bond donors (Lipinski definition) is 0. The van der Waals surface area contributed by atoms with Crippen molar-refractivity contribution in [2.45, 2.75) is 40.5 Å². The van der Waals surface area contributed by atoms with E-state index in [0.29, 0.717) is 5.92 Å². The molecular weight excluding hydrogens is 362 g/mol. The number of aryl methyl sites for hydroxylation is 2. The molecule has 158 valence electrons. The molecule has 0 saturated carbocycles. The van der Waals surface area contributed by atoms with Crippen LogP contribution in [0.5, 0.6) is 0 Å². The number of rotatable bonds is 6. The molecule has 0 aromatic heterocycles. The van der Waals surface area contributed by atoms with E-state index in [0.717, 1.165) is 19.5 Å². The largest absolute Gasteiger partial charge is 0.371 e. The average molecular weight is 400 g/mol. The molecule has 0 aliphatic carbocycles. The molecule has 1 fully saturated rings. The molecule has 2 aromatic carbocycles. The number of nitrogens with zero attached hydrogens (tertiary/aromatic N) is 1. The monoisotopic (exact) mass is 399 g/mol. The average Bonchev–Trinajstić information content (AvgIpc) is 3.21. The van der Waals surface area contributed by atoms with E-state index in [1.807, 2.05) is 44.2 Å². The Morgan fingerprint density at radius 1 is 1.03 bits per heavy atom. The molecule has 1 atom stereocenters. The van der Waals surface area contributed by atoms with Crippen LogP contribution in [0.1, 0.15) is 48.9 Å². The Bertz CT molecular complexity index is 873. The first-order chi connectivity index (χ1) is 14.5. The lowest BCUT2D eigenvalue weighted by atomic mass is 9.94. The molecule has 2 aromatic rings. The molecule has 1 heteroatoms. The lowest BCUT2D eigenvalue weighted by molar-refractivity contribution is 0.608. The van der Waals surface area contributed by atoms with Crippen molar-refractivity contribution < 1.29 is 0 Å². The first-order valence-corrected chi connectivity index (χ1v) is 10.9. The van der Waals surface area contributed by atoms with Gasteiger partial charge in [-0.1, -0.05) is 79.4 Å². The Kier molecular flexibility index (Phi) is 9.41. The highest BCUT2D eigenvalue weighted by Crippen LogP contribution is 2.31. The van der Waals surface area contributed by atoms with Gasteiger partial charge in [0.15, 0.2) is 0 Å². The van der Waals surface area contributed by atoms with Crippen molar-refractivity contribution in [1.29, 1.82) is 0 Å². The van der Waals surface area contributed by atoms with Crippen LogP contribution in [0.4, 0.5) is 5.69 Å². The minimum absolute atomic E-state index is 0.693. The van der Waals surface area contributed by atoms with Gasteiger partial charge in [0.1, 0.15) is 0 Å². The van der Waals surface area contributed by atoms with Crippen molar-refractivity contribution in [3.8, 4) is 0 Å². The van der Waals surface area contributed by atoms with Crippen LogP contribution in [0.3, 0.4) is 0 Å². The maximum absolute atomic E-state index is 4.32. The van der Waals surface area contributed by atoms with E-state index in [1.165, 1.54) is 39.9 Å². The zero-order chi connectivity index (χ0) is 21.9. The van der Waals surface area contributed by atoms with Crippen LogP contribution in [0.2, 0.25) is 0 Å². The molecule has 1 nitrogen and oxygen atoms in total. The predicted molar refractivity (Wildman–Crippen MR) is 136 cm³/mol. The van der Waals surface area contributed by atoms with Gasteiger partial charge in [-0.2, -0.15) is 0 Å². The van der Waals surface area contributed by atoms with E-state index in [9.17, 15) is 0 Å². The summed E-state index contributed by atoms with van der Waals surface area (Å²) in [7, 11) is 0. The Balaban J connectivity index is 0.000000469. The number of allylic oxidation sites excluding steroid dienone is 5. The van der Waals surface area contributed by atoms with Crippen molar-refractivity contribution in [3.05, 3.63) is 102 Å². The molecule has 1 saturated heterocycles. The Morgan fingerprint density at radius 3 is 2.27 bits per heavy atom. The summed E-state index contributed by atoms with van der Waals surface area (Å²) >= 11 is 0. The molecule has 1 aliphatic heterocycles. The fourth-order valence-corrected chi connectivity index (χ4v) is 3.80. The smallest absolute Gasteiger partial charge is 0.0369 e. The Labute approximate surface area is 184 Å². The van der Waals surface area contributed by atoms with Gasteiger partial charge >= 0.3 is 0 Å². The summed E-state index contributed by atoms with van der Waals surface area (Å²) < 4.78 is 0. The Morgan fingerprint density at radius 2 is 1.70 bits per heavy atom. The van der Waals surface area contributed by atoms with Crippen molar-refractivity contribution in [3.63, 3.8) is 0 Å². The van der Waals surface area contributed by atoms with Gasteiger partial charge in [0.05, 0.1) is 0 Å². The van der Waals surface area contributed by atoms with Crippen molar-refractivity contribution in [1.82, 2.24) is 0 Å². The maximum Gasteiger partial charge on any atom is 0.0369 e. The summed E-state index contributed by atoms with van der Waals surface area (Å²) in [6.07, 6.45) is 12.3. The van der Waals surface area contributed by atoms with Crippen LogP contribution in [0, 0.1) is 19.8 Å². The molecule has 1 unspecified atom stereocenters. The molecular formula is C29H37N. The first-order valence-electron chi connectivity index (χ1n) is 10.9. The fraction of sp³-hybridized carbons (Fsp3) is 0.310. The van der Waals surface area contributed by atoms with E-state index >= 15 is 0 Å². The van der Waals surface area contributed by atoms with E-state index in [2.05, 4.69) is 74.4 Å². The maximum atomic E-state index is 4.32. The lowest BCUT2D eigenvalue weighted by Crippen LogP contribution is -2.19. The van der Waals surface area contributed by atoms with E-state index in [4.69, 9.17) is 0 Å². The van der Waals surface area contributed by atoms with Crippen molar-refractivity contribution in [2.75, 3.05) is 18.0 Å². The molecule has 0 spiro atoms. The minimum atomic E-state index is 0.693. The van der Waals surface area contributed by atoms with Gasteiger partial charge < -0.3 is 4.90 Å². The highest BCUT2D eigenvalue weighted by atomic mass is 15.1. The van der Waals surface area contributed by atoms with Crippen LogP contribution in [-0.4, -0.2) is 13.1 Å². The second-order valence-corrected chi connectivity index (χ2v) is 8.07. The highest BCUT2D eigenvalue weighted by molar-refractivity contribution is 5.64. The molecule has 3 rings (SSSR count). The third-order valence-electron chi connectivity index (χ3n) is 5.62. The summed E-state index contributed by atoms with van der Waals surface area (Å²) in [4.78, 5) is 2.51. The second-order valence-electron chi connectivity index (χ2n) is 8.07. The number of hydrogen-bond acceptors (Lipinski definition) is 1. The van der Waals surface area contributed by atoms with Gasteiger partial charge in [0.2, 0.25) is 0 Å². The summed E-state index contributed by atoms with van der Waals surface area (Å²) in [6, 6.07) is 15.4. The van der Waals surface area contributed by atoms with Crippen LogP contribution in [0.25, 0.3) is 11.6 Å². The lowest BCUT2D eigenvalue weighted by Gasteiger charge is -2.20. The summed E-state index contributed by atoms with van der Waals surface area (Å²) in [5.74, 6) is 0.693. The zero-order valence-electron chi connectivity index (χ0n) is 19.2. The highest BCUT2D eigenvalue weighted by Gasteiger charge is 2.23. The van der Waals surface area contributed by atoms with Gasteiger partial charge in [-0.3, -0.25) is 0 Å². The second kappa shape index (κ2) is 12.0. The normalized spacial score (nSPS) is 16.0. The predicted octanol–water partition coefficient (Wildman–Crippen LogP) is 8.01. The SMILES string of the molecule is C/C=C\C=C/C.C=Cc1ccc(N2CCC(CC(=C)c3ccc(C)cc3)C2)cc1C. The van der Waals surface area contributed by atoms with E-state index in [1.54, 1.807) is 0 Å². The molecule has 0 radical (unpaired) electrons. The van der Waals surface area contributed by atoms with Gasteiger partial charge in [0, 0.05) is 18.8 Å². The third-order valence-corrected chi connectivity index (χ3v) is 5.62. The van der Waals surface area contributed by atoms with Gasteiger partial charge in [-0.25, -0.2) is 0 Å². The molecule has 0 bridgehead atoms. The van der Waals surface area contributed by atoms with E-state index < -0.39 is 0 Å².